The molecule has 0 bridgehead atoms. The van der Waals surface area contributed by atoms with Gasteiger partial charge in [0, 0.05) is 21.3 Å². The highest BCUT2D eigenvalue weighted by Crippen LogP contribution is 2.41. The number of amides is 1. The van der Waals surface area contributed by atoms with Gasteiger partial charge < -0.3 is 10.4 Å². The Kier molecular flexibility index (Phi) is 2.78. The van der Waals surface area contributed by atoms with E-state index in [0.29, 0.717) is 21.3 Å². The Bertz CT molecular complexity index is 487. The number of carbonyl (C=O) groups excluding carboxylic acids is 1. The maximum atomic E-state index is 11.6. The predicted molar refractivity (Wildman–Crippen MR) is 60.1 cm³/mol. The lowest BCUT2D eigenvalue weighted by Crippen LogP contribution is -2.15. The molecule has 1 unspecified atom stereocenters. The normalized spacial score (nSPS) is 18.1. The molecule has 0 spiro atoms. The van der Waals surface area contributed by atoms with Crippen molar-refractivity contribution in [3.05, 3.63) is 27.7 Å². The maximum absolute atomic E-state index is 11.6. The fourth-order valence-corrected chi connectivity index (χ4v) is 2.39. The van der Waals surface area contributed by atoms with Crippen molar-refractivity contribution >= 4 is 40.8 Å². The molecule has 1 atom stereocenters. The molecule has 1 aliphatic rings. The summed E-state index contributed by atoms with van der Waals surface area (Å²) in [6.45, 7) is 0. The quantitative estimate of drug-likeness (QED) is 0.858. The van der Waals surface area contributed by atoms with Gasteiger partial charge in [0.05, 0.1) is 12.3 Å². The topological polar surface area (TPSA) is 66.4 Å². The Labute approximate surface area is 101 Å². The van der Waals surface area contributed by atoms with Gasteiger partial charge in [-0.2, -0.15) is 0 Å². The van der Waals surface area contributed by atoms with Gasteiger partial charge in [-0.15, -0.1) is 0 Å². The molecule has 0 aliphatic carbocycles. The minimum absolute atomic E-state index is 0.278. The largest absolute Gasteiger partial charge is 0.481 e. The molecule has 1 aromatic carbocycles. The summed E-state index contributed by atoms with van der Waals surface area (Å²) < 4.78 is 0. The number of hydrogen-bond acceptors (Lipinski definition) is 2. The van der Waals surface area contributed by atoms with E-state index in [-0.39, 0.29) is 12.3 Å². The zero-order valence-corrected chi connectivity index (χ0v) is 9.47. The molecule has 0 saturated carbocycles. The van der Waals surface area contributed by atoms with Crippen LogP contribution in [0.1, 0.15) is 17.9 Å². The summed E-state index contributed by atoms with van der Waals surface area (Å²) in [6, 6.07) is 3.06. The number of rotatable bonds is 2. The Morgan fingerprint density at radius 3 is 2.75 bits per heavy atom. The van der Waals surface area contributed by atoms with E-state index >= 15 is 0 Å². The van der Waals surface area contributed by atoms with E-state index in [0.717, 1.165) is 0 Å². The van der Waals surface area contributed by atoms with Gasteiger partial charge in [0.15, 0.2) is 0 Å². The van der Waals surface area contributed by atoms with Crippen LogP contribution in [-0.4, -0.2) is 17.0 Å². The average Bonchev–Trinajstić information content (AvgIpc) is 2.41. The molecule has 0 radical (unpaired) electrons. The Balaban J connectivity index is 2.48. The third-order valence-electron chi connectivity index (χ3n) is 2.40. The van der Waals surface area contributed by atoms with E-state index in [9.17, 15) is 9.59 Å². The third-order valence-corrected chi connectivity index (χ3v) is 2.93. The van der Waals surface area contributed by atoms with Gasteiger partial charge in [-0.25, -0.2) is 0 Å². The van der Waals surface area contributed by atoms with Crippen LogP contribution in [-0.2, 0) is 9.59 Å². The standard InChI is InChI=1S/C10H7Cl2NO3/c11-4-1-6(12)9-5(3-8(14)15)10(16)13-7(9)2-4/h1-2,5H,3H2,(H,13,16)(H,14,15). The highest BCUT2D eigenvalue weighted by Gasteiger charge is 2.34. The van der Waals surface area contributed by atoms with Crippen molar-refractivity contribution in [2.24, 2.45) is 0 Å². The van der Waals surface area contributed by atoms with Gasteiger partial charge >= 0.3 is 5.97 Å². The molecule has 16 heavy (non-hydrogen) atoms. The second-order valence-electron chi connectivity index (χ2n) is 3.49. The zero-order valence-electron chi connectivity index (χ0n) is 7.96. The van der Waals surface area contributed by atoms with E-state index in [2.05, 4.69) is 5.32 Å². The summed E-state index contributed by atoms with van der Waals surface area (Å²) in [7, 11) is 0. The molecule has 4 nitrogen and oxygen atoms in total. The number of benzene rings is 1. The molecule has 2 N–H and O–H groups in total. The summed E-state index contributed by atoms with van der Waals surface area (Å²) in [5, 5.41) is 12.0. The number of nitrogens with one attached hydrogen (secondary N) is 1. The van der Waals surface area contributed by atoms with Crippen LogP contribution in [0.4, 0.5) is 5.69 Å². The fraction of sp³-hybridized carbons (Fsp3) is 0.200. The van der Waals surface area contributed by atoms with Crippen LogP contribution in [0, 0.1) is 0 Å². The first-order chi connectivity index (χ1) is 7.49. The van der Waals surface area contributed by atoms with Crippen LogP contribution >= 0.6 is 23.2 Å². The van der Waals surface area contributed by atoms with E-state index in [1.165, 1.54) is 6.07 Å². The van der Waals surface area contributed by atoms with E-state index in [1.807, 2.05) is 0 Å². The lowest BCUT2D eigenvalue weighted by Gasteiger charge is -2.07. The van der Waals surface area contributed by atoms with E-state index < -0.39 is 11.9 Å². The lowest BCUT2D eigenvalue weighted by atomic mass is 9.97. The van der Waals surface area contributed by atoms with Gasteiger partial charge in [0.2, 0.25) is 5.91 Å². The molecule has 0 aromatic heterocycles. The number of carboxylic acids is 1. The van der Waals surface area contributed by atoms with Crippen molar-refractivity contribution in [3.63, 3.8) is 0 Å². The first kappa shape index (κ1) is 11.2. The number of carbonyl (C=O) groups is 2. The number of aliphatic carboxylic acids is 1. The summed E-state index contributed by atoms with van der Waals surface area (Å²) >= 11 is 11.7. The van der Waals surface area contributed by atoms with Crippen LogP contribution in [0.3, 0.4) is 0 Å². The van der Waals surface area contributed by atoms with Gasteiger partial charge in [-0.1, -0.05) is 23.2 Å². The number of halogens is 2. The molecule has 1 amide bonds. The predicted octanol–water partition coefficient (Wildman–Crippen LogP) is 2.50. The van der Waals surface area contributed by atoms with Crippen molar-refractivity contribution in [1.29, 1.82) is 0 Å². The summed E-state index contributed by atoms with van der Waals surface area (Å²) in [5.74, 6) is -2.14. The average molecular weight is 260 g/mol. The number of fused-ring (bicyclic) bond motifs is 1. The Morgan fingerprint density at radius 1 is 1.44 bits per heavy atom. The molecule has 2 rings (SSSR count). The van der Waals surface area contributed by atoms with Crippen molar-refractivity contribution in [3.8, 4) is 0 Å². The minimum Gasteiger partial charge on any atom is -0.481 e. The molecule has 0 saturated heterocycles. The molecular formula is C10H7Cl2NO3. The van der Waals surface area contributed by atoms with Gasteiger partial charge in [-0.3, -0.25) is 9.59 Å². The summed E-state index contributed by atoms with van der Waals surface area (Å²) in [6.07, 6.45) is -0.278. The Hall–Kier alpha value is -1.26. The van der Waals surface area contributed by atoms with E-state index in [1.54, 1.807) is 6.07 Å². The lowest BCUT2D eigenvalue weighted by molar-refractivity contribution is -0.138. The third kappa shape index (κ3) is 1.86. The van der Waals surface area contributed by atoms with Crippen LogP contribution in [0.2, 0.25) is 10.0 Å². The summed E-state index contributed by atoms with van der Waals surface area (Å²) in [4.78, 5) is 22.2. The van der Waals surface area contributed by atoms with Crippen molar-refractivity contribution in [2.75, 3.05) is 5.32 Å². The SMILES string of the molecule is O=C(O)CC1C(=O)Nc2cc(Cl)cc(Cl)c21. The molecule has 84 valence electrons. The van der Waals surface area contributed by atoms with Gasteiger partial charge in [0.25, 0.3) is 0 Å². The summed E-state index contributed by atoms with van der Waals surface area (Å²) in [5.41, 5.74) is 1.01. The van der Waals surface area contributed by atoms with Gasteiger partial charge in [0.1, 0.15) is 0 Å². The highest BCUT2D eigenvalue weighted by molar-refractivity contribution is 6.36. The number of anilines is 1. The van der Waals surface area contributed by atoms with Crippen LogP contribution in [0.15, 0.2) is 12.1 Å². The maximum Gasteiger partial charge on any atom is 0.304 e. The zero-order chi connectivity index (χ0) is 11.9. The van der Waals surface area contributed by atoms with Gasteiger partial charge in [-0.05, 0) is 12.1 Å². The van der Waals surface area contributed by atoms with Crippen LogP contribution < -0.4 is 5.32 Å². The monoisotopic (exact) mass is 259 g/mol. The first-order valence-corrected chi connectivity index (χ1v) is 5.26. The second-order valence-corrected chi connectivity index (χ2v) is 4.33. The van der Waals surface area contributed by atoms with E-state index in [4.69, 9.17) is 28.3 Å². The first-order valence-electron chi connectivity index (χ1n) is 4.50. The highest BCUT2D eigenvalue weighted by atomic mass is 35.5. The Morgan fingerprint density at radius 2 is 2.12 bits per heavy atom. The molecule has 1 aliphatic heterocycles. The second kappa shape index (κ2) is 3.96. The minimum atomic E-state index is -1.04. The van der Waals surface area contributed by atoms with Crippen molar-refractivity contribution in [1.82, 2.24) is 0 Å². The fourth-order valence-electron chi connectivity index (χ4n) is 1.76. The van der Waals surface area contributed by atoms with Crippen LogP contribution in [0.5, 0.6) is 0 Å². The number of hydrogen-bond donors (Lipinski definition) is 2. The smallest absolute Gasteiger partial charge is 0.304 e. The van der Waals surface area contributed by atoms with Crippen LogP contribution in [0.25, 0.3) is 0 Å². The molecule has 6 heteroatoms. The number of carboxylic acid groups (broad SMARTS) is 1. The molecule has 1 aromatic rings. The molecule has 0 fully saturated rings. The molecule has 1 heterocycles. The van der Waals surface area contributed by atoms with Crippen molar-refractivity contribution in [2.45, 2.75) is 12.3 Å². The van der Waals surface area contributed by atoms with Crippen molar-refractivity contribution < 1.29 is 14.7 Å². The molecular weight excluding hydrogens is 253 g/mol.